The first-order chi connectivity index (χ1) is 16.5. The van der Waals surface area contributed by atoms with Crippen LogP contribution in [0.3, 0.4) is 0 Å². The number of imidazole rings is 1. The van der Waals surface area contributed by atoms with Gasteiger partial charge in [0, 0.05) is 24.8 Å². The Morgan fingerprint density at radius 2 is 2.06 bits per heavy atom. The highest BCUT2D eigenvalue weighted by atomic mass is 35.5. The van der Waals surface area contributed by atoms with Gasteiger partial charge in [-0.3, -0.25) is 18.9 Å². The Hall–Kier alpha value is -3.84. The molecule has 2 aromatic heterocycles. The third-order valence-electron chi connectivity index (χ3n) is 6.28. The van der Waals surface area contributed by atoms with Gasteiger partial charge in [0.1, 0.15) is 5.75 Å². The minimum atomic E-state index is -0.189. The van der Waals surface area contributed by atoms with Crippen LogP contribution in [0.15, 0.2) is 78.4 Å². The zero-order valence-electron chi connectivity index (χ0n) is 18.6. The number of benzene rings is 2. The Kier molecular flexibility index (Phi) is 5.71. The van der Waals surface area contributed by atoms with Crippen LogP contribution in [0.2, 0.25) is 5.02 Å². The molecular formula is C26H23ClN4O3. The molecule has 3 heterocycles. The zero-order chi connectivity index (χ0) is 23.8. The molecule has 7 nitrogen and oxygen atoms in total. The topological polar surface area (TPSA) is 69.4 Å². The van der Waals surface area contributed by atoms with E-state index in [-0.39, 0.29) is 17.6 Å². The van der Waals surface area contributed by atoms with E-state index in [9.17, 15) is 9.59 Å². The molecule has 0 bridgehead atoms. The van der Waals surface area contributed by atoms with Crippen LogP contribution in [0, 0.1) is 0 Å². The molecule has 172 valence electrons. The van der Waals surface area contributed by atoms with Crippen LogP contribution in [0.25, 0.3) is 27.8 Å². The largest absolute Gasteiger partial charge is 0.497 e. The summed E-state index contributed by atoms with van der Waals surface area (Å²) in [6, 6.07) is 14.9. The molecule has 1 aliphatic rings. The van der Waals surface area contributed by atoms with Gasteiger partial charge in [0.05, 0.1) is 41.1 Å². The van der Waals surface area contributed by atoms with Crippen molar-refractivity contribution < 1.29 is 9.53 Å². The lowest BCUT2D eigenvalue weighted by Crippen LogP contribution is -2.31. The van der Waals surface area contributed by atoms with Gasteiger partial charge in [-0.2, -0.15) is 0 Å². The molecular weight excluding hydrogens is 452 g/mol. The minimum Gasteiger partial charge on any atom is -0.497 e. The maximum absolute atomic E-state index is 13.7. The SMILES string of the molecule is C=CC(=O)N1CC[C@@H](n2c(=O)n(-c3ccc(-c4cccc(OC)c4)c(Cl)c3)c3cnccc32)C1. The molecule has 5 rings (SSSR count). The van der Waals surface area contributed by atoms with Crippen LogP contribution in [0.1, 0.15) is 12.5 Å². The molecule has 1 atom stereocenters. The molecule has 1 amide bonds. The number of aromatic nitrogens is 3. The summed E-state index contributed by atoms with van der Waals surface area (Å²) in [4.78, 5) is 31.7. The summed E-state index contributed by atoms with van der Waals surface area (Å²) in [5, 5.41) is 0.520. The summed E-state index contributed by atoms with van der Waals surface area (Å²) in [5.74, 6) is 0.615. The fourth-order valence-corrected chi connectivity index (χ4v) is 4.90. The Morgan fingerprint density at radius 3 is 2.82 bits per heavy atom. The lowest BCUT2D eigenvalue weighted by Gasteiger charge is -2.15. The van der Waals surface area contributed by atoms with Crippen molar-refractivity contribution >= 4 is 28.5 Å². The molecule has 8 heteroatoms. The van der Waals surface area contributed by atoms with Crippen molar-refractivity contribution in [2.24, 2.45) is 0 Å². The van der Waals surface area contributed by atoms with Gasteiger partial charge in [0.25, 0.3) is 0 Å². The lowest BCUT2D eigenvalue weighted by molar-refractivity contribution is -0.125. The van der Waals surface area contributed by atoms with E-state index in [0.29, 0.717) is 35.7 Å². The molecule has 1 aliphatic heterocycles. The summed E-state index contributed by atoms with van der Waals surface area (Å²) in [6.45, 7) is 4.61. The van der Waals surface area contributed by atoms with Crippen molar-refractivity contribution in [1.29, 1.82) is 0 Å². The molecule has 1 saturated heterocycles. The fourth-order valence-electron chi connectivity index (χ4n) is 4.62. The second kappa shape index (κ2) is 8.83. The van der Waals surface area contributed by atoms with Gasteiger partial charge in [-0.15, -0.1) is 0 Å². The van der Waals surface area contributed by atoms with Gasteiger partial charge < -0.3 is 9.64 Å². The minimum absolute atomic E-state index is 0.124. The van der Waals surface area contributed by atoms with E-state index in [1.54, 1.807) is 39.6 Å². The van der Waals surface area contributed by atoms with Gasteiger partial charge in [0.15, 0.2) is 0 Å². The van der Waals surface area contributed by atoms with E-state index >= 15 is 0 Å². The van der Waals surface area contributed by atoms with E-state index in [0.717, 1.165) is 22.4 Å². The number of halogens is 1. The predicted molar refractivity (Wildman–Crippen MR) is 133 cm³/mol. The normalized spacial score (nSPS) is 15.6. The molecule has 0 unspecified atom stereocenters. The van der Waals surface area contributed by atoms with Crippen LogP contribution in [0.5, 0.6) is 5.75 Å². The van der Waals surface area contributed by atoms with E-state index < -0.39 is 0 Å². The number of methoxy groups -OCH3 is 1. The quantitative estimate of drug-likeness (QED) is 0.400. The average molecular weight is 475 g/mol. The number of pyridine rings is 1. The average Bonchev–Trinajstić information content (AvgIpc) is 3.45. The number of nitrogens with zero attached hydrogens (tertiary/aromatic N) is 4. The van der Waals surface area contributed by atoms with Gasteiger partial charge in [-0.05, 0) is 48.4 Å². The molecule has 4 aromatic rings. The van der Waals surface area contributed by atoms with Gasteiger partial charge in [-0.25, -0.2) is 4.79 Å². The summed E-state index contributed by atoms with van der Waals surface area (Å²) in [6.07, 6.45) is 5.35. The predicted octanol–water partition coefficient (Wildman–Crippen LogP) is 4.48. The third kappa shape index (κ3) is 3.68. The number of hydrogen-bond donors (Lipinski definition) is 0. The van der Waals surface area contributed by atoms with Crippen LogP contribution in [-0.4, -0.2) is 45.1 Å². The summed E-state index contributed by atoms with van der Waals surface area (Å²) < 4.78 is 8.71. The Morgan fingerprint density at radius 1 is 1.21 bits per heavy atom. The fraction of sp³-hybridized carbons (Fsp3) is 0.192. The lowest BCUT2D eigenvalue weighted by atomic mass is 10.0. The second-order valence-corrected chi connectivity index (χ2v) is 8.59. The first-order valence-electron chi connectivity index (χ1n) is 10.9. The van der Waals surface area contributed by atoms with Crippen LogP contribution in [-0.2, 0) is 4.79 Å². The number of carbonyl (C=O) groups excluding carboxylic acids is 1. The number of amides is 1. The highest BCUT2D eigenvalue weighted by Crippen LogP contribution is 2.33. The van der Waals surface area contributed by atoms with Gasteiger partial charge in [-0.1, -0.05) is 36.4 Å². The van der Waals surface area contributed by atoms with E-state index in [1.165, 1.54) is 6.08 Å². The van der Waals surface area contributed by atoms with Gasteiger partial charge >= 0.3 is 5.69 Å². The van der Waals surface area contributed by atoms with Crippen molar-refractivity contribution in [3.8, 4) is 22.6 Å². The zero-order valence-corrected chi connectivity index (χ0v) is 19.4. The molecule has 1 fully saturated rings. The van der Waals surface area contributed by atoms with Gasteiger partial charge in [0.2, 0.25) is 5.91 Å². The highest BCUT2D eigenvalue weighted by molar-refractivity contribution is 6.33. The number of ether oxygens (including phenoxy) is 1. The monoisotopic (exact) mass is 474 g/mol. The molecule has 0 N–H and O–H groups in total. The summed E-state index contributed by atoms with van der Waals surface area (Å²) >= 11 is 6.68. The van der Waals surface area contributed by atoms with E-state index in [2.05, 4.69) is 11.6 Å². The van der Waals surface area contributed by atoms with Crippen molar-refractivity contribution in [2.75, 3.05) is 20.2 Å². The molecule has 0 spiro atoms. The van der Waals surface area contributed by atoms with Crippen LogP contribution in [0.4, 0.5) is 0 Å². The van der Waals surface area contributed by atoms with Crippen molar-refractivity contribution in [3.63, 3.8) is 0 Å². The van der Waals surface area contributed by atoms with Crippen LogP contribution >= 0.6 is 11.6 Å². The maximum Gasteiger partial charge on any atom is 0.334 e. The van der Waals surface area contributed by atoms with E-state index in [4.69, 9.17) is 16.3 Å². The van der Waals surface area contributed by atoms with Crippen molar-refractivity contribution in [2.45, 2.75) is 12.5 Å². The maximum atomic E-state index is 13.7. The molecule has 0 aliphatic carbocycles. The first kappa shape index (κ1) is 22.0. The summed E-state index contributed by atoms with van der Waals surface area (Å²) in [5.41, 5.74) is 3.68. The standard InChI is InChI=1S/C26H23ClN4O3/c1-3-25(32)29-12-10-19(16-29)31-23-9-11-28-15-24(23)30(26(31)33)18-7-8-21(22(27)14-18)17-5-4-6-20(13-17)34-2/h3-9,11,13-15,19H,1,10,12,16H2,2H3/t19-/m1/s1. The highest BCUT2D eigenvalue weighted by Gasteiger charge is 2.30. The third-order valence-corrected chi connectivity index (χ3v) is 6.59. The van der Waals surface area contributed by atoms with Crippen molar-refractivity contribution in [3.05, 3.63) is 89.1 Å². The van der Waals surface area contributed by atoms with Crippen molar-refractivity contribution in [1.82, 2.24) is 19.0 Å². The Balaban J connectivity index is 1.59. The summed E-state index contributed by atoms with van der Waals surface area (Å²) in [7, 11) is 1.62. The first-order valence-corrected chi connectivity index (χ1v) is 11.3. The number of rotatable bonds is 5. The molecule has 0 radical (unpaired) electrons. The Labute approximate surface area is 201 Å². The van der Waals surface area contributed by atoms with E-state index in [1.807, 2.05) is 42.5 Å². The molecule has 2 aromatic carbocycles. The Bertz CT molecular complexity index is 1470. The second-order valence-electron chi connectivity index (χ2n) is 8.18. The number of carbonyl (C=O) groups is 1. The smallest absolute Gasteiger partial charge is 0.334 e. The molecule has 34 heavy (non-hydrogen) atoms. The molecule has 0 saturated carbocycles. The number of fused-ring (bicyclic) bond motifs is 1. The number of likely N-dealkylation sites (tertiary alicyclic amines) is 1. The number of hydrogen-bond acceptors (Lipinski definition) is 4. The van der Waals surface area contributed by atoms with Crippen LogP contribution < -0.4 is 10.4 Å².